The fraction of sp³-hybridized carbons (Fsp3) is 0.533. The predicted molar refractivity (Wildman–Crippen MR) is 151 cm³/mol. The van der Waals surface area contributed by atoms with Gasteiger partial charge in [0.15, 0.2) is 9.84 Å². The van der Waals surface area contributed by atoms with E-state index >= 15 is 0 Å². The summed E-state index contributed by atoms with van der Waals surface area (Å²) in [5, 5.41) is 3.57. The maximum absolute atomic E-state index is 13.9. The van der Waals surface area contributed by atoms with Crippen LogP contribution in [0.4, 0.5) is 4.79 Å². The van der Waals surface area contributed by atoms with Crippen molar-refractivity contribution in [1.29, 1.82) is 0 Å². The van der Waals surface area contributed by atoms with Crippen LogP contribution >= 0.6 is 0 Å². The molecule has 0 saturated carbocycles. The average molecular weight is 553 g/mol. The minimum atomic E-state index is -3.31. The Bertz CT molecular complexity index is 1290. The number of hydrogen-bond donors (Lipinski definition) is 1. The van der Waals surface area contributed by atoms with Crippen molar-refractivity contribution >= 4 is 21.8 Å². The third kappa shape index (κ3) is 5.62. The summed E-state index contributed by atoms with van der Waals surface area (Å²) in [4.78, 5) is 33.5. The third-order valence-corrected chi connectivity index (χ3v) is 9.73. The lowest BCUT2D eigenvalue weighted by Gasteiger charge is -2.43. The van der Waals surface area contributed by atoms with Crippen LogP contribution in [0, 0.1) is 11.8 Å². The molecule has 2 aromatic rings. The molecule has 210 valence electrons. The number of sulfone groups is 1. The van der Waals surface area contributed by atoms with Gasteiger partial charge in [0.25, 0.3) is 5.91 Å². The van der Waals surface area contributed by atoms with Crippen molar-refractivity contribution in [2.24, 2.45) is 11.8 Å². The van der Waals surface area contributed by atoms with E-state index in [2.05, 4.69) is 54.4 Å². The number of hydrogen-bond acceptors (Lipinski definition) is 6. The Morgan fingerprint density at radius 3 is 2.26 bits per heavy atom. The average Bonchev–Trinajstić information content (AvgIpc) is 3.44. The van der Waals surface area contributed by atoms with Gasteiger partial charge in [0.2, 0.25) is 0 Å². The Balaban J connectivity index is 1.29. The molecule has 39 heavy (non-hydrogen) atoms. The number of imide groups is 1. The molecule has 2 aromatic carbocycles. The Kier molecular flexibility index (Phi) is 7.86. The lowest BCUT2D eigenvalue weighted by molar-refractivity contribution is -0.136. The number of piperidine rings is 1. The number of benzene rings is 2. The van der Waals surface area contributed by atoms with Gasteiger partial charge in [0.05, 0.1) is 11.4 Å². The Labute approximate surface area is 232 Å². The topological polar surface area (TPSA) is 90.0 Å². The van der Waals surface area contributed by atoms with Crippen molar-refractivity contribution in [2.75, 3.05) is 45.5 Å². The summed E-state index contributed by atoms with van der Waals surface area (Å²) in [6.07, 6.45) is 2.43. The van der Waals surface area contributed by atoms with Crippen LogP contribution in [0.3, 0.4) is 0 Å². The normalized spacial score (nSPS) is 23.9. The molecule has 2 unspecified atom stereocenters. The zero-order valence-electron chi connectivity index (χ0n) is 23.2. The number of rotatable bonds is 8. The van der Waals surface area contributed by atoms with E-state index in [1.54, 1.807) is 12.1 Å². The maximum atomic E-state index is 13.9. The number of urea groups is 1. The Morgan fingerprint density at radius 1 is 0.974 bits per heavy atom. The molecule has 0 aliphatic carbocycles. The van der Waals surface area contributed by atoms with Crippen LogP contribution in [-0.2, 0) is 21.2 Å². The van der Waals surface area contributed by atoms with Crippen molar-refractivity contribution in [3.8, 4) is 0 Å². The largest absolute Gasteiger partial charge is 0.327 e. The van der Waals surface area contributed by atoms with Crippen molar-refractivity contribution in [2.45, 2.75) is 49.6 Å². The second-order valence-electron chi connectivity index (χ2n) is 11.9. The minimum Gasteiger partial charge on any atom is -0.316 e. The number of amides is 3. The van der Waals surface area contributed by atoms with E-state index in [1.165, 1.54) is 28.9 Å². The van der Waals surface area contributed by atoms with E-state index in [0.29, 0.717) is 31.2 Å². The van der Waals surface area contributed by atoms with E-state index < -0.39 is 15.4 Å². The van der Waals surface area contributed by atoms with Crippen LogP contribution in [0.1, 0.15) is 43.7 Å². The standard InChI is InChI=1S/C30H40N4O4S/c1-22(2)19-34-29(36)33(20-23-9-11-26(12-10-23)39(3,37)38)28(35)30(34)13-15-32(16-14-30)21-25-17-31-18-27(25)24-7-5-4-6-8-24/h4-12,22,25,27,31H,13-21H2,1-3H3. The summed E-state index contributed by atoms with van der Waals surface area (Å²) >= 11 is 0. The van der Waals surface area contributed by atoms with E-state index in [0.717, 1.165) is 38.3 Å². The molecule has 9 heteroatoms. The van der Waals surface area contributed by atoms with E-state index in [-0.39, 0.29) is 29.3 Å². The molecular weight excluding hydrogens is 512 g/mol. The highest BCUT2D eigenvalue weighted by Gasteiger charge is 2.57. The van der Waals surface area contributed by atoms with Crippen LogP contribution in [0.2, 0.25) is 0 Å². The number of carbonyl (C=O) groups is 2. The molecule has 0 bridgehead atoms. The lowest BCUT2D eigenvalue weighted by Crippen LogP contribution is -2.57. The molecule has 0 aromatic heterocycles. The first-order valence-electron chi connectivity index (χ1n) is 14.0. The molecule has 5 rings (SSSR count). The van der Waals surface area contributed by atoms with Gasteiger partial charge in [-0.05, 0) is 54.5 Å². The van der Waals surface area contributed by atoms with Gasteiger partial charge < -0.3 is 15.1 Å². The molecule has 1 N–H and O–H groups in total. The molecule has 3 aliphatic rings. The van der Waals surface area contributed by atoms with Crippen LogP contribution in [0.25, 0.3) is 0 Å². The van der Waals surface area contributed by atoms with Crippen molar-refractivity contribution in [3.63, 3.8) is 0 Å². The predicted octanol–water partition coefficient (Wildman–Crippen LogP) is 3.35. The Hall–Kier alpha value is -2.75. The first kappa shape index (κ1) is 27.8. The van der Waals surface area contributed by atoms with Gasteiger partial charge in [-0.25, -0.2) is 13.2 Å². The molecule has 8 nitrogen and oxygen atoms in total. The summed E-state index contributed by atoms with van der Waals surface area (Å²) < 4.78 is 23.7. The Morgan fingerprint density at radius 2 is 1.64 bits per heavy atom. The van der Waals surface area contributed by atoms with Crippen LogP contribution in [0.15, 0.2) is 59.5 Å². The van der Waals surface area contributed by atoms with Gasteiger partial charge in [-0.1, -0.05) is 56.3 Å². The van der Waals surface area contributed by atoms with Crippen LogP contribution < -0.4 is 5.32 Å². The molecule has 3 fully saturated rings. The van der Waals surface area contributed by atoms with Crippen molar-refractivity contribution in [3.05, 3.63) is 65.7 Å². The SMILES string of the molecule is CC(C)CN1C(=O)N(Cc2ccc(S(C)(=O)=O)cc2)C(=O)C12CCN(CC1CNCC1c1ccccc1)CC2. The summed E-state index contributed by atoms with van der Waals surface area (Å²) in [5.41, 5.74) is 1.31. The van der Waals surface area contributed by atoms with Gasteiger partial charge in [0, 0.05) is 44.9 Å². The fourth-order valence-corrected chi connectivity index (χ4v) is 7.13. The fourth-order valence-electron chi connectivity index (χ4n) is 6.50. The first-order chi connectivity index (χ1) is 18.6. The molecule has 3 heterocycles. The second kappa shape index (κ2) is 11.0. The first-order valence-corrected chi connectivity index (χ1v) is 15.9. The highest BCUT2D eigenvalue weighted by atomic mass is 32.2. The van der Waals surface area contributed by atoms with Gasteiger partial charge in [-0.15, -0.1) is 0 Å². The van der Waals surface area contributed by atoms with Crippen LogP contribution in [-0.4, -0.2) is 86.1 Å². The number of nitrogens with zero attached hydrogens (tertiary/aromatic N) is 3. The quantitative estimate of drug-likeness (QED) is 0.506. The van der Waals surface area contributed by atoms with E-state index in [9.17, 15) is 18.0 Å². The zero-order chi connectivity index (χ0) is 27.8. The lowest BCUT2D eigenvalue weighted by atomic mass is 9.83. The number of carbonyl (C=O) groups excluding carboxylic acids is 2. The number of nitrogens with one attached hydrogen (secondary N) is 1. The molecule has 3 aliphatic heterocycles. The van der Waals surface area contributed by atoms with Gasteiger partial charge >= 0.3 is 6.03 Å². The summed E-state index contributed by atoms with van der Waals surface area (Å²) in [7, 11) is -3.31. The molecule has 3 saturated heterocycles. The van der Waals surface area contributed by atoms with Crippen LogP contribution in [0.5, 0.6) is 0 Å². The molecule has 3 amide bonds. The van der Waals surface area contributed by atoms with Gasteiger partial charge in [-0.2, -0.15) is 0 Å². The van der Waals surface area contributed by atoms with E-state index in [4.69, 9.17) is 0 Å². The highest BCUT2D eigenvalue weighted by molar-refractivity contribution is 7.90. The third-order valence-electron chi connectivity index (χ3n) is 8.61. The zero-order valence-corrected chi connectivity index (χ0v) is 24.0. The molecule has 0 radical (unpaired) electrons. The van der Waals surface area contributed by atoms with Crippen molar-refractivity contribution < 1.29 is 18.0 Å². The molecule has 1 spiro atoms. The minimum absolute atomic E-state index is 0.121. The monoisotopic (exact) mass is 552 g/mol. The summed E-state index contributed by atoms with van der Waals surface area (Å²) in [5.74, 6) is 1.12. The van der Waals surface area contributed by atoms with Gasteiger partial charge in [-0.3, -0.25) is 9.69 Å². The molecular formula is C30H40N4O4S. The number of likely N-dealkylation sites (tertiary alicyclic amines) is 1. The molecule has 2 atom stereocenters. The smallest absolute Gasteiger partial charge is 0.316 e. The summed E-state index contributed by atoms with van der Waals surface area (Å²) in [6.45, 7) is 9.35. The summed E-state index contributed by atoms with van der Waals surface area (Å²) in [6, 6.07) is 16.9. The highest BCUT2D eigenvalue weighted by Crippen LogP contribution is 2.39. The van der Waals surface area contributed by atoms with Crippen molar-refractivity contribution in [1.82, 2.24) is 20.0 Å². The van der Waals surface area contributed by atoms with Gasteiger partial charge in [0.1, 0.15) is 5.54 Å². The second-order valence-corrected chi connectivity index (χ2v) is 13.9. The maximum Gasteiger partial charge on any atom is 0.327 e. The van der Waals surface area contributed by atoms with E-state index in [1.807, 2.05) is 4.90 Å².